The van der Waals surface area contributed by atoms with Crippen LogP contribution >= 0.6 is 0 Å². The molecule has 0 bridgehead atoms. The number of ketones is 3. The van der Waals surface area contributed by atoms with Gasteiger partial charge in [-0.2, -0.15) is 0 Å². The number of aliphatic hydroxyl groups excluding tert-OH is 2. The molecule has 0 aromatic heterocycles. The molecule has 2 aromatic rings. The SMILES string of the molecule is CC(=O)C1=C(O)C[C@]2(C)C[C@]3(C)Cc4c(-c5ccc(CCC(C)(C)C)cc5)ccc(O)c4C(=O)C3=C(O)[C@]2(O)C1=O. The number of fused-ring (bicyclic) bond motifs is 3. The number of carbonyl (C=O) groups excluding carboxylic acids is 3. The molecule has 3 atom stereocenters. The second kappa shape index (κ2) is 9.15. The zero-order valence-corrected chi connectivity index (χ0v) is 24.5. The molecular formula is C34H38O7. The van der Waals surface area contributed by atoms with E-state index in [9.17, 15) is 34.8 Å². The molecular weight excluding hydrogens is 520 g/mol. The van der Waals surface area contributed by atoms with Crippen LogP contribution in [0.3, 0.4) is 0 Å². The van der Waals surface area contributed by atoms with Crippen LogP contribution < -0.4 is 0 Å². The molecule has 41 heavy (non-hydrogen) atoms. The monoisotopic (exact) mass is 558 g/mol. The highest BCUT2D eigenvalue weighted by molar-refractivity contribution is 6.25. The summed E-state index contributed by atoms with van der Waals surface area (Å²) in [5.41, 5.74) is -1.98. The van der Waals surface area contributed by atoms with Gasteiger partial charge in [0.05, 0.1) is 5.56 Å². The topological polar surface area (TPSA) is 132 Å². The third-order valence-electron chi connectivity index (χ3n) is 9.33. The number of phenolic OH excluding ortho intramolecular Hbond substituents is 1. The Balaban J connectivity index is 1.63. The van der Waals surface area contributed by atoms with Crippen LogP contribution in [0.5, 0.6) is 5.75 Å². The van der Waals surface area contributed by atoms with Crippen LogP contribution in [-0.4, -0.2) is 43.4 Å². The van der Waals surface area contributed by atoms with E-state index >= 15 is 0 Å². The first-order chi connectivity index (χ1) is 18.9. The Labute approximate surface area is 240 Å². The fraction of sp³-hybridized carbons (Fsp3) is 0.441. The summed E-state index contributed by atoms with van der Waals surface area (Å²) >= 11 is 0. The molecule has 0 aliphatic heterocycles. The molecule has 0 amide bonds. The molecule has 5 rings (SSSR count). The lowest BCUT2D eigenvalue weighted by Crippen LogP contribution is -2.63. The Kier molecular flexibility index (Phi) is 6.43. The van der Waals surface area contributed by atoms with Crippen LogP contribution in [0.1, 0.15) is 82.3 Å². The predicted octanol–water partition coefficient (Wildman–Crippen LogP) is 6.11. The van der Waals surface area contributed by atoms with Crippen molar-refractivity contribution >= 4 is 17.3 Å². The molecule has 0 saturated heterocycles. The van der Waals surface area contributed by atoms with E-state index in [4.69, 9.17) is 0 Å². The Hall–Kier alpha value is -3.71. The molecule has 0 spiro atoms. The molecule has 7 heteroatoms. The van der Waals surface area contributed by atoms with Gasteiger partial charge in [0.2, 0.25) is 5.78 Å². The Morgan fingerprint density at radius 2 is 1.59 bits per heavy atom. The molecule has 0 unspecified atom stereocenters. The summed E-state index contributed by atoms with van der Waals surface area (Å²) in [7, 11) is 0. The van der Waals surface area contributed by atoms with Gasteiger partial charge in [-0.15, -0.1) is 0 Å². The number of rotatable bonds is 4. The first kappa shape index (κ1) is 28.8. The smallest absolute Gasteiger partial charge is 0.209 e. The van der Waals surface area contributed by atoms with E-state index in [1.54, 1.807) is 19.9 Å². The summed E-state index contributed by atoms with van der Waals surface area (Å²) < 4.78 is 0. The highest BCUT2D eigenvalue weighted by atomic mass is 16.3. The van der Waals surface area contributed by atoms with E-state index in [1.165, 1.54) is 11.6 Å². The van der Waals surface area contributed by atoms with Crippen molar-refractivity contribution in [3.63, 3.8) is 0 Å². The number of phenols is 1. The summed E-state index contributed by atoms with van der Waals surface area (Å²) in [6.45, 7) is 11.1. The lowest BCUT2D eigenvalue weighted by atomic mass is 9.48. The number of hydrogen-bond acceptors (Lipinski definition) is 7. The van der Waals surface area contributed by atoms with Gasteiger partial charge in [0.1, 0.15) is 22.8 Å². The van der Waals surface area contributed by atoms with E-state index < -0.39 is 50.9 Å². The van der Waals surface area contributed by atoms with Crippen molar-refractivity contribution in [1.82, 2.24) is 0 Å². The number of aromatic hydroxyl groups is 1. The molecule has 216 valence electrons. The Bertz CT molecular complexity index is 1570. The van der Waals surface area contributed by atoms with Gasteiger partial charge in [-0.1, -0.05) is 65.0 Å². The molecule has 4 N–H and O–H groups in total. The summed E-state index contributed by atoms with van der Waals surface area (Å²) in [5, 5.41) is 44.9. The summed E-state index contributed by atoms with van der Waals surface area (Å²) in [4.78, 5) is 39.7. The average molecular weight is 559 g/mol. The van der Waals surface area contributed by atoms with Crippen LogP contribution in [0.4, 0.5) is 0 Å². The average Bonchev–Trinajstić information content (AvgIpc) is 2.84. The first-order valence-electron chi connectivity index (χ1n) is 14.1. The number of aliphatic hydroxyl groups is 3. The Morgan fingerprint density at radius 3 is 2.17 bits per heavy atom. The number of hydrogen-bond donors (Lipinski definition) is 4. The van der Waals surface area contributed by atoms with Crippen molar-refractivity contribution in [2.24, 2.45) is 16.2 Å². The van der Waals surface area contributed by atoms with E-state index in [0.717, 1.165) is 30.9 Å². The van der Waals surface area contributed by atoms with E-state index in [2.05, 4.69) is 32.9 Å². The van der Waals surface area contributed by atoms with Crippen molar-refractivity contribution < 1.29 is 34.8 Å². The van der Waals surface area contributed by atoms with Crippen molar-refractivity contribution in [3.05, 3.63) is 75.8 Å². The van der Waals surface area contributed by atoms with Crippen molar-refractivity contribution in [1.29, 1.82) is 0 Å². The van der Waals surface area contributed by atoms with Gasteiger partial charge in [-0.05, 0) is 66.3 Å². The maximum atomic E-state index is 14.1. The first-order valence-corrected chi connectivity index (χ1v) is 14.1. The quantitative estimate of drug-likeness (QED) is 0.333. The number of Topliss-reactive ketones (excluding diaryl/α,β-unsaturated/α-hetero) is 3. The number of benzene rings is 2. The minimum atomic E-state index is -2.57. The highest BCUT2D eigenvalue weighted by Crippen LogP contribution is 2.62. The molecule has 2 aromatic carbocycles. The summed E-state index contributed by atoms with van der Waals surface area (Å²) in [6.07, 6.45) is 2.07. The summed E-state index contributed by atoms with van der Waals surface area (Å²) in [6, 6.07) is 11.4. The van der Waals surface area contributed by atoms with Crippen molar-refractivity contribution in [2.45, 2.75) is 79.2 Å². The fourth-order valence-corrected chi connectivity index (χ4v) is 7.30. The van der Waals surface area contributed by atoms with Crippen molar-refractivity contribution in [3.8, 4) is 16.9 Å². The second-order valence-electron chi connectivity index (χ2n) is 13.9. The molecule has 0 heterocycles. The zero-order chi connectivity index (χ0) is 30.3. The van der Waals surface area contributed by atoms with Crippen LogP contribution in [0.25, 0.3) is 11.1 Å². The molecule has 3 aliphatic rings. The minimum absolute atomic E-state index is 0.0268. The maximum Gasteiger partial charge on any atom is 0.209 e. The number of aryl methyl sites for hydroxylation is 1. The van der Waals surface area contributed by atoms with Gasteiger partial charge in [-0.3, -0.25) is 14.4 Å². The molecule has 3 aliphatic carbocycles. The standard InChI is InChI=1S/C34H38O7/c1-18(35)25-24(37)16-33(6)17-32(5)15-22-21(20-9-7-19(8-10-20)13-14-31(2,3)4)11-12-23(36)26(22)28(38)27(32)30(40)34(33,41)29(25)39/h7-12,36-37,40-41H,13-17H2,1-6H3/t32-,33+,34+/m0/s1. The van der Waals surface area contributed by atoms with Crippen LogP contribution in [0, 0.1) is 16.2 Å². The third-order valence-corrected chi connectivity index (χ3v) is 9.33. The Morgan fingerprint density at radius 1 is 0.951 bits per heavy atom. The van der Waals surface area contributed by atoms with Gasteiger partial charge in [0, 0.05) is 22.8 Å². The van der Waals surface area contributed by atoms with Gasteiger partial charge >= 0.3 is 0 Å². The van der Waals surface area contributed by atoms with E-state index in [0.29, 0.717) is 5.56 Å². The zero-order valence-electron chi connectivity index (χ0n) is 24.5. The molecule has 0 saturated carbocycles. The largest absolute Gasteiger partial charge is 0.511 e. The van der Waals surface area contributed by atoms with Crippen LogP contribution in [-0.2, 0) is 22.4 Å². The minimum Gasteiger partial charge on any atom is -0.511 e. The lowest BCUT2D eigenvalue weighted by Gasteiger charge is -2.56. The van der Waals surface area contributed by atoms with E-state index in [-0.39, 0.29) is 41.6 Å². The third kappa shape index (κ3) is 4.24. The lowest BCUT2D eigenvalue weighted by molar-refractivity contribution is -0.158. The van der Waals surface area contributed by atoms with Crippen LogP contribution in [0.15, 0.2) is 59.1 Å². The van der Waals surface area contributed by atoms with E-state index in [1.807, 2.05) is 12.1 Å². The molecule has 0 radical (unpaired) electrons. The van der Waals surface area contributed by atoms with Gasteiger partial charge in [0.15, 0.2) is 17.2 Å². The maximum absolute atomic E-state index is 14.1. The molecule has 7 nitrogen and oxygen atoms in total. The summed E-state index contributed by atoms with van der Waals surface area (Å²) in [5.74, 6) is -4.02. The predicted molar refractivity (Wildman–Crippen MR) is 155 cm³/mol. The normalized spacial score (nSPS) is 27.9. The van der Waals surface area contributed by atoms with Crippen molar-refractivity contribution in [2.75, 3.05) is 0 Å². The van der Waals surface area contributed by atoms with Gasteiger partial charge in [0.25, 0.3) is 0 Å². The van der Waals surface area contributed by atoms with Crippen LogP contribution in [0.2, 0.25) is 0 Å². The number of allylic oxidation sites excluding steroid dienone is 2. The highest BCUT2D eigenvalue weighted by Gasteiger charge is 2.67. The second-order valence-corrected chi connectivity index (χ2v) is 13.9. The number of carbonyl (C=O) groups is 3. The van der Waals surface area contributed by atoms with Gasteiger partial charge in [-0.25, -0.2) is 0 Å². The fourth-order valence-electron chi connectivity index (χ4n) is 7.30. The molecule has 0 fully saturated rings. The van der Waals surface area contributed by atoms with Gasteiger partial charge < -0.3 is 20.4 Å².